The molecule has 2 aromatic rings. The van der Waals surface area contributed by atoms with Crippen molar-refractivity contribution in [1.82, 2.24) is 19.8 Å². The summed E-state index contributed by atoms with van der Waals surface area (Å²) in [6.07, 6.45) is 0. The van der Waals surface area contributed by atoms with Gasteiger partial charge in [-0.25, -0.2) is 4.79 Å². The lowest BCUT2D eigenvalue weighted by atomic mass is 10.5. The second-order valence-corrected chi connectivity index (χ2v) is 2.57. The first kappa shape index (κ1) is 8.42. The van der Waals surface area contributed by atoms with E-state index < -0.39 is 5.97 Å². The molecule has 2 rings (SSSR count). The Kier molecular flexibility index (Phi) is 1.77. The zero-order valence-corrected chi connectivity index (χ0v) is 7.30. The smallest absolute Gasteiger partial charge is 0.375 e. The van der Waals surface area contributed by atoms with E-state index in [-0.39, 0.29) is 5.82 Å². The lowest BCUT2D eigenvalue weighted by molar-refractivity contribution is 0.0680. The van der Waals surface area contributed by atoms with E-state index >= 15 is 0 Å². The Balaban J connectivity index is 2.69. The van der Waals surface area contributed by atoms with E-state index in [9.17, 15) is 4.79 Å². The summed E-state index contributed by atoms with van der Waals surface area (Å²) >= 11 is 0. The number of fused-ring (bicyclic) bond motifs is 1. The minimum absolute atomic E-state index is 0.197. The Bertz CT molecular complexity index is 492. The van der Waals surface area contributed by atoms with Gasteiger partial charge in [-0.3, -0.25) is 0 Å². The fourth-order valence-corrected chi connectivity index (χ4v) is 1.06. The second-order valence-electron chi connectivity index (χ2n) is 2.57. The summed E-state index contributed by atoms with van der Waals surface area (Å²) < 4.78 is 1.17. The van der Waals surface area contributed by atoms with Gasteiger partial charge < -0.3 is 10.4 Å². The Morgan fingerprint density at radius 2 is 2.29 bits per heavy atom. The van der Waals surface area contributed by atoms with Gasteiger partial charge in [0.05, 0.1) is 0 Å². The largest absolute Gasteiger partial charge is 0.475 e. The van der Waals surface area contributed by atoms with Crippen molar-refractivity contribution < 1.29 is 9.90 Å². The van der Waals surface area contributed by atoms with Gasteiger partial charge in [0.25, 0.3) is 5.82 Å². The number of anilines is 1. The highest BCUT2D eigenvalue weighted by atomic mass is 16.4. The highest BCUT2D eigenvalue weighted by Gasteiger charge is 2.13. The van der Waals surface area contributed by atoms with Crippen molar-refractivity contribution in [2.45, 2.75) is 0 Å². The molecule has 0 aliphatic rings. The number of rotatable bonds is 2. The fourth-order valence-electron chi connectivity index (χ4n) is 1.06. The third-order valence-corrected chi connectivity index (χ3v) is 1.71. The zero-order chi connectivity index (χ0) is 10.1. The van der Waals surface area contributed by atoms with E-state index in [0.717, 1.165) is 0 Å². The summed E-state index contributed by atoms with van der Waals surface area (Å²) in [6, 6.07) is 3.33. The predicted octanol–water partition coefficient (Wildman–Crippen LogP) is -0.136. The van der Waals surface area contributed by atoms with Crippen LogP contribution in [0.3, 0.4) is 0 Å². The van der Waals surface area contributed by atoms with Crippen molar-refractivity contribution in [1.29, 1.82) is 0 Å². The number of nitrogens with one attached hydrogen (secondary N) is 1. The van der Waals surface area contributed by atoms with Crippen LogP contribution in [0.2, 0.25) is 0 Å². The number of aromatic carboxylic acids is 1. The van der Waals surface area contributed by atoms with Crippen LogP contribution in [0.25, 0.3) is 5.65 Å². The number of hydrogen-bond acceptors (Lipinski definition) is 5. The molecular weight excluding hydrogens is 186 g/mol. The quantitative estimate of drug-likeness (QED) is 0.689. The van der Waals surface area contributed by atoms with Gasteiger partial charge in [0, 0.05) is 7.05 Å². The summed E-state index contributed by atoms with van der Waals surface area (Å²) in [5, 5.41) is 22.7. The van der Waals surface area contributed by atoms with Crippen LogP contribution in [0.5, 0.6) is 0 Å². The molecule has 0 unspecified atom stereocenters. The number of carbonyl (C=O) groups is 1. The monoisotopic (exact) mass is 193 g/mol. The maximum Gasteiger partial charge on any atom is 0.375 e. The Labute approximate surface area is 78.4 Å². The standard InChI is InChI=1S/C7H7N5O2/c1-8-4-2-3-5-9-10-6(7(13)14)12(5)11-4/h2-3H,1H3,(H,8,11)(H,13,14). The number of hydrogen-bond donors (Lipinski definition) is 2. The zero-order valence-electron chi connectivity index (χ0n) is 7.30. The molecule has 0 atom stereocenters. The normalized spacial score (nSPS) is 10.4. The number of carboxylic acid groups (broad SMARTS) is 1. The summed E-state index contributed by atoms with van der Waals surface area (Å²) in [6.45, 7) is 0. The molecule has 0 fully saturated rings. The molecule has 0 aromatic carbocycles. The molecule has 0 bridgehead atoms. The molecule has 72 valence electrons. The lowest BCUT2D eigenvalue weighted by Crippen LogP contribution is -2.07. The topological polar surface area (TPSA) is 92.4 Å². The van der Waals surface area contributed by atoms with Crippen molar-refractivity contribution in [3.05, 3.63) is 18.0 Å². The van der Waals surface area contributed by atoms with Crippen molar-refractivity contribution in [2.75, 3.05) is 12.4 Å². The predicted molar refractivity (Wildman–Crippen MR) is 47.3 cm³/mol. The van der Waals surface area contributed by atoms with Crippen LogP contribution in [0, 0.1) is 0 Å². The van der Waals surface area contributed by atoms with E-state index in [2.05, 4.69) is 20.6 Å². The van der Waals surface area contributed by atoms with Crippen LogP contribution in [-0.4, -0.2) is 37.9 Å². The molecule has 0 aliphatic heterocycles. The third-order valence-electron chi connectivity index (χ3n) is 1.71. The molecule has 2 aromatic heterocycles. The van der Waals surface area contributed by atoms with Crippen LogP contribution >= 0.6 is 0 Å². The van der Waals surface area contributed by atoms with Crippen LogP contribution in [0.4, 0.5) is 5.82 Å². The van der Waals surface area contributed by atoms with Crippen molar-refractivity contribution >= 4 is 17.4 Å². The molecule has 2 N–H and O–H groups in total. The molecule has 0 radical (unpaired) electrons. The highest BCUT2D eigenvalue weighted by molar-refractivity contribution is 5.84. The molecule has 2 heterocycles. The molecule has 0 amide bonds. The maximum atomic E-state index is 10.7. The molecule has 14 heavy (non-hydrogen) atoms. The van der Waals surface area contributed by atoms with Gasteiger partial charge in [0.1, 0.15) is 5.82 Å². The Morgan fingerprint density at radius 3 is 2.93 bits per heavy atom. The summed E-state index contributed by atoms with van der Waals surface area (Å²) in [5.74, 6) is -0.796. The van der Waals surface area contributed by atoms with Crippen LogP contribution in [0.1, 0.15) is 10.6 Å². The number of nitrogens with zero attached hydrogens (tertiary/aromatic N) is 4. The van der Waals surface area contributed by atoms with Crippen molar-refractivity contribution in [3.8, 4) is 0 Å². The van der Waals surface area contributed by atoms with E-state index in [0.29, 0.717) is 11.5 Å². The maximum absolute atomic E-state index is 10.7. The fraction of sp³-hybridized carbons (Fsp3) is 0.143. The molecular formula is C7H7N5O2. The number of carboxylic acids is 1. The Hall–Kier alpha value is -2.18. The van der Waals surface area contributed by atoms with E-state index in [4.69, 9.17) is 5.11 Å². The van der Waals surface area contributed by atoms with Gasteiger partial charge >= 0.3 is 5.97 Å². The SMILES string of the molecule is CNc1ccc2nnc(C(=O)O)n2n1. The minimum atomic E-state index is -1.15. The van der Waals surface area contributed by atoms with Gasteiger partial charge in [-0.15, -0.1) is 15.3 Å². The molecule has 0 spiro atoms. The van der Waals surface area contributed by atoms with Gasteiger partial charge in [-0.2, -0.15) is 4.52 Å². The van der Waals surface area contributed by atoms with Gasteiger partial charge in [-0.1, -0.05) is 0 Å². The molecule has 0 aliphatic carbocycles. The molecule has 0 saturated carbocycles. The van der Waals surface area contributed by atoms with E-state index in [1.54, 1.807) is 19.2 Å². The average molecular weight is 193 g/mol. The average Bonchev–Trinajstić information content (AvgIpc) is 2.59. The van der Waals surface area contributed by atoms with Crippen LogP contribution in [0.15, 0.2) is 12.1 Å². The van der Waals surface area contributed by atoms with Gasteiger partial charge in [0.2, 0.25) is 0 Å². The molecule has 7 heteroatoms. The summed E-state index contributed by atoms with van der Waals surface area (Å²) in [5.41, 5.74) is 0.404. The first-order chi connectivity index (χ1) is 6.72. The summed E-state index contributed by atoms with van der Waals surface area (Å²) in [4.78, 5) is 10.7. The van der Waals surface area contributed by atoms with E-state index in [1.165, 1.54) is 4.52 Å². The van der Waals surface area contributed by atoms with Crippen LogP contribution < -0.4 is 5.32 Å². The third kappa shape index (κ3) is 1.15. The minimum Gasteiger partial charge on any atom is -0.475 e. The first-order valence-corrected chi connectivity index (χ1v) is 3.86. The highest BCUT2D eigenvalue weighted by Crippen LogP contribution is 2.05. The molecule has 7 nitrogen and oxygen atoms in total. The lowest BCUT2D eigenvalue weighted by Gasteiger charge is -1.98. The van der Waals surface area contributed by atoms with Crippen molar-refractivity contribution in [2.24, 2.45) is 0 Å². The van der Waals surface area contributed by atoms with Crippen LogP contribution in [-0.2, 0) is 0 Å². The number of aromatic nitrogens is 4. The first-order valence-electron chi connectivity index (χ1n) is 3.86. The second kappa shape index (κ2) is 2.95. The van der Waals surface area contributed by atoms with E-state index in [1.807, 2.05) is 0 Å². The van der Waals surface area contributed by atoms with Gasteiger partial charge in [0.15, 0.2) is 5.65 Å². The summed E-state index contributed by atoms with van der Waals surface area (Å²) in [7, 11) is 1.69. The molecule has 0 saturated heterocycles. The van der Waals surface area contributed by atoms with Gasteiger partial charge in [-0.05, 0) is 12.1 Å². The Morgan fingerprint density at radius 1 is 1.50 bits per heavy atom. The van der Waals surface area contributed by atoms with Crippen molar-refractivity contribution in [3.63, 3.8) is 0 Å².